The summed E-state index contributed by atoms with van der Waals surface area (Å²) in [6, 6.07) is 8.87. The fraction of sp³-hybridized carbons (Fsp3) is 0.600. The Morgan fingerprint density at radius 2 is 2.00 bits per heavy atom. The molecule has 0 spiro atoms. The minimum atomic E-state index is 0. The van der Waals surface area contributed by atoms with Crippen molar-refractivity contribution in [3.63, 3.8) is 0 Å². The monoisotopic (exact) mass is 487 g/mol. The van der Waals surface area contributed by atoms with E-state index < -0.39 is 0 Å². The molecule has 7 heteroatoms. The van der Waals surface area contributed by atoms with Gasteiger partial charge in [-0.25, -0.2) is 0 Å². The van der Waals surface area contributed by atoms with E-state index >= 15 is 0 Å². The number of benzene rings is 1. The van der Waals surface area contributed by atoms with Gasteiger partial charge in [0, 0.05) is 45.8 Å². The number of nitrogens with one attached hydrogen (secondary N) is 2. The van der Waals surface area contributed by atoms with Crippen molar-refractivity contribution in [3.8, 4) is 0 Å². The minimum absolute atomic E-state index is 0. The number of halogens is 1. The van der Waals surface area contributed by atoms with Crippen LogP contribution in [0.3, 0.4) is 0 Å². The maximum atomic E-state index is 11.7. The molecule has 152 valence electrons. The molecule has 1 aliphatic heterocycles. The molecule has 1 aliphatic rings. The van der Waals surface area contributed by atoms with Gasteiger partial charge in [0.15, 0.2) is 5.96 Å². The fourth-order valence-electron chi connectivity index (χ4n) is 3.06. The quantitative estimate of drug-likeness (QED) is 0.353. The predicted molar refractivity (Wildman–Crippen MR) is 124 cm³/mol. The maximum absolute atomic E-state index is 11.7. The van der Waals surface area contributed by atoms with E-state index in [1.807, 2.05) is 6.92 Å². The van der Waals surface area contributed by atoms with E-state index in [1.165, 1.54) is 24.1 Å². The zero-order valence-corrected chi connectivity index (χ0v) is 19.3. The Balaban J connectivity index is 0.00000364. The van der Waals surface area contributed by atoms with Crippen LogP contribution in [-0.2, 0) is 4.79 Å². The van der Waals surface area contributed by atoms with Gasteiger partial charge in [0.25, 0.3) is 0 Å². The summed E-state index contributed by atoms with van der Waals surface area (Å²) in [7, 11) is 3.54. The third-order valence-corrected chi connectivity index (χ3v) is 4.63. The molecular weight excluding hydrogens is 453 g/mol. The lowest BCUT2D eigenvalue weighted by atomic mass is 10.1. The highest BCUT2D eigenvalue weighted by Crippen LogP contribution is 2.23. The summed E-state index contributed by atoms with van der Waals surface area (Å²) in [5.74, 6) is 0.842. The van der Waals surface area contributed by atoms with E-state index in [9.17, 15) is 4.79 Å². The molecule has 1 saturated heterocycles. The first-order valence-corrected chi connectivity index (χ1v) is 9.61. The van der Waals surface area contributed by atoms with Crippen LogP contribution in [0.25, 0.3) is 0 Å². The number of nitrogens with zero attached hydrogens (tertiary/aromatic N) is 3. The molecule has 1 fully saturated rings. The Morgan fingerprint density at radius 1 is 1.30 bits per heavy atom. The molecule has 2 N–H and O–H groups in total. The van der Waals surface area contributed by atoms with Gasteiger partial charge in [-0.15, -0.1) is 24.0 Å². The average molecular weight is 487 g/mol. The van der Waals surface area contributed by atoms with E-state index in [0.29, 0.717) is 13.0 Å². The average Bonchev–Trinajstić information content (AvgIpc) is 3.16. The minimum Gasteiger partial charge on any atom is -0.372 e. The number of carbonyl (C=O) groups excluding carboxylic acids is 1. The summed E-state index contributed by atoms with van der Waals surface area (Å²) in [4.78, 5) is 20.3. The van der Waals surface area contributed by atoms with Crippen LogP contribution < -0.4 is 15.5 Å². The van der Waals surface area contributed by atoms with E-state index in [2.05, 4.69) is 51.7 Å². The Labute approximate surface area is 180 Å². The number of aliphatic imine (C=N–C) groups is 1. The standard InChI is InChI=1S/C20H33N5O.HI/c1-5-21-20(22-12-11-19(26)24(3)4)23-16(2)17-9-8-10-18(15-17)25-13-6-7-14-25;/h8-10,15-16H,5-7,11-14H2,1-4H3,(H2,21,22,23);1H. The van der Waals surface area contributed by atoms with Gasteiger partial charge < -0.3 is 20.4 Å². The van der Waals surface area contributed by atoms with E-state index in [0.717, 1.165) is 25.6 Å². The molecule has 0 bridgehead atoms. The van der Waals surface area contributed by atoms with Crippen molar-refractivity contribution in [3.05, 3.63) is 29.8 Å². The highest BCUT2D eigenvalue weighted by Gasteiger charge is 2.14. The number of anilines is 1. The van der Waals surface area contributed by atoms with Crippen molar-refractivity contribution < 1.29 is 4.79 Å². The molecule has 1 unspecified atom stereocenters. The molecule has 0 saturated carbocycles. The molecule has 6 nitrogen and oxygen atoms in total. The predicted octanol–water partition coefficient (Wildman–Crippen LogP) is 3.00. The van der Waals surface area contributed by atoms with Gasteiger partial charge in [-0.3, -0.25) is 9.79 Å². The van der Waals surface area contributed by atoms with Crippen molar-refractivity contribution in [2.45, 2.75) is 39.2 Å². The lowest BCUT2D eigenvalue weighted by Gasteiger charge is -2.22. The van der Waals surface area contributed by atoms with E-state index in [4.69, 9.17) is 0 Å². The van der Waals surface area contributed by atoms with Crippen molar-refractivity contribution >= 4 is 41.5 Å². The molecule has 1 heterocycles. The van der Waals surface area contributed by atoms with Gasteiger partial charge in [0.05, 0.1) is 12.6 Å². The van der Waals surface area contributed by atoms with Crippen LogP contribution in [0.1, 0.15) is 44.7 Å². The van der Waals surface area contributed by atoms with Crippen molar-refractivity contribution in [1.82, 2.24) is 15.5 Å². The number of amides is 1. The molecule has 1 atom stereocenters. The van der Waals surface area contributed by atoms with Crippen LogP contribution in [0.15, 0.2) is 29.3 Å². The molecule has 1 amide bonds. The second-order valence-electron chi connectivity index (χ2n) is 6.95. The van der Waals surface area contributed by atoms with Crippen LogP contribution >= 0.6 is 24.0 Å². The summed E-state index contributed by atoms with van der Waals surface area (Å²) < 4.78 is 0. The highest BCUT2D eigenvalue weighted by molar-refractivity contribution is 14.0. The van der Waals surface area contributed by atoms with Crippen molar-refractivity contribution in [1.29, 1.82) is 0 Å². The summed E-state index contributed by atoms with van der Waals surface area (Å²) in [5.41, 5.74) is 2.54. The third kappa shape index (κ3) is 7.56. The number of hydrogen-bond donors (Lipinski definition) is 2. The topological polar surface area (TPSA) is 60.0 Å². The Bertz CT molecular complexity index is 614. The van der Waals surface area contributed by atoms with Gasteiger partial charge in [-0.05, 0) is 44.4 Å². The summed E-state index contributed by atoms with van der Waals surface area (Å²) in [6.45, 7) is 7.74. The summed E-state index contributed by atoms with van der Waals surface area (Å²) in [6.07, 6.45) is 2.98. The SMILES string of the molecule is CCNC(=NCCC(=O)N(C)C)NC(C)c1cccc(N2CCCC2)c1.I. The van der Waals surface area contributed by atoms with Gasteiger partial charge in [0.1, 0.15) is 0 Å². The van der Waals surface area contributed by atoms with Crippen molar-refractivity contribution in [2.75, 3.05) is 45.2 Å². The van der Waals surface area contributed by atoms with Crippen LogP contribution in [-0.4, -0.2) is 57.0 Å². The lowest BCUT2D eigenvalue weighted by molar-refractivity contribution is -0.128. The normalized spacial score (nSPS) is 15.1. The molecule has 2 rings (SSSR count). The summed E-state index contributed by atoms with van der Waals surface area (Å²) in [5, 5.41) is 6.71. The van der Waals surface area contributed by atoms with Crippen LogP contribution in [0.5, 0.6) is 0 Å². The van der Waals surface area contributed by atoms with Gasteiger partial charge >= 0.3 is 0 Å². The van der Waals surface area contributed by atoms with E-state index in [-0.39, 0.29) is 35.9 Å². The van der Waals surface area contributed by atoms with Crippen LogP contribution in [0, 0.1) is 0 Å². The van der Waals surface area contributed by atoms with Gasteiger partial charge in [0.2, 0.25) is 5.91 Å². The van der Waals surface area contributed by atoms with Gasteiger partial charge in [-0.2, -0.15) is 0 Å². The molecule has 0 aromatic heterocycles. The molecule has 0 aliphatic carbocycles. The molecule has 1 aromatic carbocycles. The molecule has 0 radical (unpaired) electrons. The number of rotatable bonds is 7. The number of carbonyl (C=O) groups is 1. The number of guanidine groups is 1. The summed E-state index contributed by atoms with van der Waals surface area (Å²) >= 11 is 0. The first kappa shape index (κ1) is 23.5. The number of hydrogen-bond acceptors (Lipinski definition) is 3. The smallest absolute Gasteiger partial charge is 0.223 e. The van der Waals surface area contributed by atoms with Crippen LogP contribution in [0.2, 0.25) is 0 Å². The highest BCUT2D eigenvalue weighted by atomic mass is 127. The first-order chi connectivity index (χ1) is 12.5. The largest absolute Gasteiger partial charge is 0.372 e. The lowest BCUT2D eigenvalue weighted by Crippen LogP contribution is -2.39. The van der Waals surface area contributed by atoms with Crippen molar-refractivity contribution in [2.24, 2.45) is 4.99 Å². The molecular formula is C20H34IN5O. The zero-order valence-electron chi connectivity index (χ0n) is 17.0. The second-order valence-corrected chi connectivity index (χ2v) is 6.95. The zero-order chi connectivity index (χ0) is 18.9. The van der Waals surface area contributed by atoms with Gasteiger partial charge in [-0.1, -0.05) is 12.1 Å². The Kier molecular flexibility index (Phi) is 10.5. The second kappa shape index (κ2) is 12.0. The Morgan fingerprint density at radius 3 is 2.63 bits per heavy atom. The Hall–Kier alpha value is -1.51. The molecule has 1 aromatic rings. The maximum Gasteiger partial charge on any atom is 0.223 e. The van der Waals surface area contributed by atoms with Crippen LogP contribution in [0.4, 0.5) is 5.69 Å². The third-order valence-electron chi connectivity index (χ3n) is 4.63. The fourth-order valence-corrected chi connectivity index (χ4v) is 3.06. The first-order valence-electron chi connectivity index (χ1n) is 9.61. The molecule has 27 heavy (non-hydrogen) atoms. The van der Waals surface area contributed by atoms with E-state index in [1.54, 1.807) is 19.0 Å².